The molecule has 166 valence electrons. The van der Waals surface area contributed by atoms with E-state index in [1.807, 2.05) is 31.4 Å². The maximum absolute atomic E-state index is 14.7. The average molecular weight is 464 g/mol. The number of fused-ring (bicyclic) bond motifs is 2. The molecule has 0 radical (unpaired) electrons. The van der Waals surface area contributed by atoms with Crippen LogP contribution in [0.25, 0.3) is 38.8 Å². The molecule has 3 heterocycles. The summed E-state index contributed by atoms with van der Waals surface area (Å²) in [5, 5.41) is 9.33. The van der Waals surface area contributed by atoms with Gasteiger partial charge in [-0.2, -0.15) is 10.1 Å². The lowest BCUT2D eigenvalue weighted by Crippen LogP contribution is -2.23. The number of halogens is 2. The van der Waals surface area contributed by atoms with Gasteiger partial charge in [0.05, 0.1) is 29.6 Å². The lowest BCUT2D eigenvalue weighted by molar-refractivity contribution is 0.370. The van der Waals surface area contributed by atoms with E-state index in [1.54, 1.807) is 36.0 Å². The van der Waals surface area contributed by atoms with Crippen LogP contribution in [-0.2, 0) is 7.05 Å². The number of pyridine rings is 2. The molecule has 0 spiro atoms. The first-order chi connectivity index (χ1) is 15.9. The fraction of sp³-hybridized carbons (Fsp3) is 0.125. The Morgan fingerprint density at radius 3 is 2.58 bits per heavy atom. The summed E-state index contributed by atoms with van der Waals surface area (Å²) >= 11 is 6.07. The van der Waals surface area contributed by atoms with E-state index in [9.17, 15) is 9.18 Å². The van der Waals surface area contributed by atoms with Gasteiger partial charge in [-0.15, -0.1) is 0 Å². The summed E-state index contributed by atoms with van der Waals surface area (Å²) in [5.74, 6) is -0.826. The molecule has 0 unspecified atom stereocenters. The number of ether oxygens (including phenoxy) is 1. The van der Waals surface area contributed by atoms with Crippen LogP contribution in [0.1, 0.15) is 0 Å². The van der Waals surface area contributed by atoms with Crippen molar-refractivity contribution in [3.63, 3.8) is 0 Å². The predicted molar refractivity (Wildman–Crippen MR) is 128 cm³/mol. The first-order valence-electron chi connectivity index (χ1n) is 10.1. The Balaban J connectivity index is 1.93. The van der Waals surface area contributed by atoms with Crippen molar-refractivity contribution in [1.82, 2.24) is 19.3 Å². The third-order valence-electron chi connectivity index (χ3n) is 5.51. The van der Waals surface area contributed by atoms with Crippen molar-refractivity contribution in [3.05, 3.63) is 75.9 Å². The molecule has 0 bridgehead atoms. The van der Waals surface area contributed by atoms with Gasteiger partial charge in [-0.3, -0.25) is 14.0 Å². The summed E-state index contributed by atoms with van der Waals surface area (Å²) in [5.41, 5.74) is 2.82. The van der Waals surface area contributed by atoms with Crippen LogP contribution < -0.4 is 15.6 Å². The van der Waals surface area contributed by atoms with E-state index in [4.69, 9.17) is 16.3 Å². The van der Waals surface area contributed by atoms with Crippen LogP contribution in [0.5, 0.6) is 5.88 Å². The number of hydrogen-bond donors (Lipinski definition) is 1. The maximum atomic E-state index is 14.7. The van der Waals surface area contributed by atoms with Gasteiger partial charge in [0.25, 0.3) is 11.4 Å². The zero-order chi connectivity index (χ0) is 23.3. The molecule has 0 saturated heterocycles. The van der Waals surface area contributed by atoms with Crippen molar-refractivity contribution >= 4 is 39.2 Å². The number of benzene rings is 2. The van der Waals surface area contributed by atoms with Crippen LogP contribution in [0.3, 0.4) is 0 Å². The van der Waals surface area contributed by atoms with E-state index in [0.717, 1.165) is 10.9 Å². The highest BCUT2D eigenvalue weighted by Crippen LogP contribution is 2.35. The average Bonchev–Trinajstić information content (AvgIpc) is 3.18. The van der Waals surface area contributed by atoms with Gasteiger partial charge in [-0.1, -0.05) is 17.7 Å². The lowest BCUT2D eigenvalue weighted by atomic mass is 10.0. The van der Waals surface area contributed by atoms with Crippen LogP contribution in [-0.4, -0.2) is 33.5 Å². The molecule has 0 aliphatic carbocycles. The highest BCUT2D eigenvalue weighted by atomic mass is 35.5. The SMILES string of the molecule is CNc1c(-c2ccc3nn(C)cc3c2)c(=O)n(-c2ccc(Cl)cc2)c2nc(OC)c(F)cc12. The van der Waals surface area contributed by atoms with Gasteiger partial charge in [0.2, 0.25) is 0 Å². The van der Waals surface area contributed by atoms with Gasteiger partial charge in [0, 0.05) is 36.1 Å². The normalized spacial score (nSPS) is 11.3. The Morgan fingerprint density at radius 2 is 1.88 bits per heavy atom. The number of rotatable bonds is 4. The number of nitrogens with zero attached hydrogens (tertiary/aromatic N) is 4. The molecule has 3 aromatic heterocycles. The summed E-state index contributed by atoms with van der Waals surface area (Å²) in [7, 11) is 4.86. The molecule has 1 N–H and O–H groups in total. The zero-order valence-corrected chi connectivity index (χ0v) is 18.8. The quantitative estimate of drug-likeness (QED) is 0.415. The molecule has 0 aliphatic rings. The topological polar surface area (TPSA) is 74.0 Å². The maximum Gasteiger partial charge on any atom is 0.266 e. The van der Waals surface area contributed by atoms with E-state index in [-0.39, 0.29) is 17.1 Å². The summed E-state index contributed by atoms with van der Waals surface area (Å²) < 4.78 is 23.0. The van der Waals surface area contributed by atoms with Gasteiger partial charge < -0.3 is 10.1 Å². The number of hydrogen-bond acceptors (Lipinski definition) is 5. The number of methoxy groups -OCH3 is 1. The highest BCUT2D eigenvalue weighted by Gasteiger charge is 2.22. The summed E-state index contributed by atoms with van der Waals surface area (Å²) in [6.07, 6.45) is 1.88. The second kappa shape index (κ2) is 7.90. The number of aryl methyl sites for hydroxylation is 1. The molecule has 9 heteroatoms. The molecular formula is C24H19ClFN5O2. The smallest absolute Gasteiger partial charge is 0.266 e. The van der Waals surface area contributed by atoms with E-state index in [2.05, 4.69) is 15.4 Å². The standard InChI is InChI=1S/C24H19ClFN5O2/c1-27-21-17-11-18(26)23(33-3)28-22(17)31(16-7-5-15(25)6-8-16)24(32)20(21)13-4-9-19-14(10-13)12-30(2)29-19/h4-12,27H,1-3H3. The second-order valence-electron chi connectivity index (χ2n) is 7.54. The fourth-order valence-corrected chi connectivity index (χ4v) is 4.20. The van der Waals surface area contributed by atoms with Gasteiger partial charge in [-0.25, -0.2) is 4.39 Å². The Labute approximate surface area is 193 Å². The number of aromatic nitrogens is 4. The van der Waals surface area contributed by atoms with E-state index in [0.29, 0.717) is 32.9 Å². The van der Waals surface area contributed by atoms with E-state index < -0.39 is 5.82 Å². The van der Waals surface area contributed by atoms with Crippen molar-refractivity contribution in [3.8, 4) is 22.7 Å². The molecule has 0 aliphatic heterocycles. The van der Waals surface area contributed by atoms with Crippen LogP contribution in [0.4, 0.5) is 10.1 Å². The molecule has 2 aromatic carbocycles. The largest absolute Gasteiger partial charge is 0.479 e. The van der Waals surface area contributed by atoms with Crippen LogP contribution in [0.2, 0.25) is 5.02 Å². The molecule has 0 atom stereocenters. The third kappa shape index (κ3) is 3.39. The predicted octanol–water partition coefficient (Wildman–Crippen LogP) is 4.78. The molecule has 33 heavy (non-hydrogen) atoms. The molecule has 5 aromatic rings. The highest BCUT2D eigenvalue weighted by molar-refractivity contribution is 6.30. The number of anilines is 1. The zero-order valence-electron chi connectivity index (χ0n) is 18.1. The van der Waals surface area contributed by atoms with Crippen molar-refractivity contribution in [1.29, 1.82) is 0 Å². The summed E-state index contributed by atoms with van der Waals surface area (Å²) in [6, 6.07) is 13.7. The monoisotopic (exact) mass is 463 g/mol. The van der Waals surface area contributed by atoms with Gasteiger partial charge in [0.1, 0.15) is 0 Å². The van der Waals surface area contributed by atoms with Crippen LogP contribution >= 0.6 is 11.6 Å². The minimum Gasteiger partial charge on any atom is -0.479 e. The fourth-order valence-electron chi connectivity index (χ4n) is 4.07. The minimum absolute atomic E-state index is 0.198. The minimum atomic E-state index is -0.628. The summed E-state index contributed by atoms with van der Waals surface area (Å²) in [4.78, 5) is 18.3. The van der Waals surface area contributed by atoms with Gasteiger partial charge in [0.15, 0.2) is 11.5 Å². The Hall–Kier alpha value is -3.91. The Morgan fingerprint density at radius 1 is 1.12 bits per heavy atom. The van der Waals surface area contributed by atoms with Crippen molar-refractivity contribution < 1.29 is 9.13 Å². The molecule has 0 saturated carbocycles. The first-order valence-corrected chi connectivity index (χ1v) is 10.5. The lowest BCUT2D eigenvalue weighted by Gasteiger charge is -2.18. The van der Waals surface area contributed by atoms with Crippen molar-refractivity contribution in [2.45, 2.75) is 0 Å². The summed E-state index contributed by atoms with van der Waals surface area (Å²) in [6.45, 7) is 0. The van der Waals surface area contributed by atoms with Crippen molar-refractivity contribution in [2.24, 2.45) is 7.05 Å². The Kier molecular flexibility index (Phi) is 5.02. The first kappa shape index (κ1) is 21.0. The molecule has 0 amide bonds. The van der Waals surface area contributed by atoms with Crippen LogP contribution in [0.15, 0.2) is 59.5 Å². The number of nitrogens with one attached hydrogen (secondary N) is 1. The molecule has 7 nitrogen and oxygen atoms in total. The Bertz CT molecular complexity index is 1590. The van der Waals surface area contributed by atoms with Gasteiger partial charge >= 0.3 is 0 Å². The van der Waals surface area contributed by atoms with E-state index >= 15 is 0 Å². The van der Waals surface area contributed by atoms with E-state index in [1.165, 1.54) is 17.7 Å². The van der Waals surface area contributed by atoms with Crippen LogP contribution in [0, 0.1) is 5.82 Å². The molecule has 0 fully saturated rings. The molecule has 5 rings (SSSR count). The molecular weight excluding hydrogens is 445 g/mol. The second-order valence-corrected chi connectivity index (χ2v) is 7.98. The van der Waals surface area contributed by atoms with Crippen molar-refractivity contribution in [2.75, 3.05) is 19.5 Å². The third-order valence-corrected chi connectivity index (χ3v) is 5.76. The van der Waals surface area contributed by atoms with Gasteiger partial charge in [-0.05, 0) is 48.0 Å².